The van der Waals surface area contributed by atoms with Crippen LogP contribution < -0.4 is 10.0 Å². The van der Waals surface area contributed by atoms with Gasteiger partial charge < -0.3 is 10.1 Å². The van der Waals surface area contributed by atoms with Crippen LogP contribution in [0.15, 0.2) is 53.4 Å². The molecule has 132 valence electrons. The summed E-state index contributed by atoms with van der Waals surface area (Å²) in [5, 5.41) is 2.52. The Balaban J connectivity index is 2.00. The van der Waals surface area contributed by atoms with Crippen LogP contribution >= 0.6 is 0 Å². The number of sulfonamides is 1. The number of nitrogens with one attached hydrogen (secondary N) is 2. The number of aryl methyl sites for hydroxylation is 1. The van der Waals surface area contributed by atoms with Crippen molar-refractivity contribution in [3.05, 3.63) is 59.7 Å². The second-order valence-corrected chi connectivity index (χ2v) is 7.03. The highest BCUT2D eigenvalue weighted by Crippen LogP contribution is 2.12. The van der Waals surface area contributed by atoms with Crippen molar-refractivity contribution in [1.82, 2.24) is 4.72 Å². The number of esters is 1. The number of rotatable bonds is 6. The zero-order chi connectivity index (χ0) is 18.4. The Bertz CT molecular complexity index is 893. The molecule has 1 amide bonds. The molecule has 2 aromatic rings. The highest BCUT2D eigenvalue weighted by atomic mass is 32.2. The van der Waals surface area contributed by atoms with E-state index in [9.17, 15) is 18.0 Å². The van der Waals surface area contributed by atoms with Crippen molar-refractivity contribution in [2.75, 3.05) is 19.0 Å². The van der Waals surface area contributed by atoms with Crippen molar-refractivity contribution in [3.63, 3.8) is 0 Å². The lowest BCUT2D eigenvalue weighted by Crippen LogP contribution is -2.33. The number of carbonyl (C=O) groups excluding carboxylic acids is 2. The van der Waals surface area contributed by atoms with Crippen molar-refractivity contribution in [2.24, 2.45) is 0 Å². The zero-order valence-corrected chi connectivity index (χ0v) is 14.6. The minimum absolute atomic E-state index is 0.0907. The fraction of sp³-hybridized carbons (Fsp3) is 0.176. The van der Waals surface area contributed by atoms with E-state index in [-0.39, 0.29) is 10.5 Å². The highest BCUT2D eigenvalue weighted by Gasteiger charge is 2.16. The summed E-state index contributed by atoms with van der Waals surface area (Å²) in [5.41, 5.74) is 1.44. The minimum atomic E-state index is -3.78. The van der Waals surface area contributed by atoms with Crippen molar-refractivity contribution >= 4 is 27.6 Å². The summed E-state index contributed by atoms with van der Waals surface area (Å²) >= 11 is 0. The number of amides is 1. The third-order valence-electron chi connectivity index (χ3n) is 3.29. The molecule has 0 aliphatic carbocycles. The van der Waals surface area contributed by atoms with E-state index in [0.29, 0.717) is 5.69 Å². The lowest BCUT2D eigenvalue weighted by molar-refractivity contribution is -0.115. The van der Waals surface area contributed by atoms with E-state index in [1.54, 1.807) is 37.3 Å². The van der Waals surface area contributed by atoms with Crippen LogP contribution in [0.3, 0.4) is 0 Å². The van der Waals surface area contributed by atoms with Crippen LogP contribution in [-0.4, -0.2) is 33.9 Å². The maximum absolute atomic E-state index is 12.2. The molecule has 0 aromatic heterocycles. The van der Waals surface area contributed by atoms with E-state index >= 15 is 0 Å². The molecule has 2 N–H and O–H groups in total. The summed E-state index contributed by atoms with van der Waals surface area (Å²) in [6.45, 7) is 1.35. The number of anilines is 1. The second-order valence-electron chi connectivity index (χ2n) is 5.26. The first-order chi connectivity index (χ1) is 11.8. The van der Waals surface area contributed by atoms with E-state index in [0.717, 1.165) is 5.56 Å². The number of carbonyl (C=O) groups is 2. The number of hydrogen-bond acceptors (Lipinski definition) is 5. The Morgan fingerprint density at radius 2 is 1.80 bits per heavy atom. The molecule has 0 saturated carbocycles. The average molecular weight is 362 g/mol. The summed E-state index contributed by atoms with van der Waals surface area (Å²) in [6.07, 6.45) is 0. The Morgan fingerprint density at radius 3 is 2.48 bits per heavy atom. The van der Waals surface area contributed by atoms with E-state index in [1.165, 1.54) is 25.3 Å². The quantitative estimate of drug-likeness (QED) is 0.762. The van der Waals surface area contributed by atoms with E-state index in [1.807, 2.05) is 0 Å². The van der Waals surface area contributed by atoms with Crippen LogP contribution in [0.5, 0.6) is 0 Å². The van der Waals surface area contributed by atoms with Crippen LogP contribution in [0.1, 0.15) is 15.9 Å². The monoisotopic (exact) mass is 362 g/mol. The van der Waals surface area contributed by atoms with Gasteiger partial charge in [-0.3, -0.25) is 4.79 Å². The topological polar surface area (TPSA) is 102 Å². The zero-order valence-electron chi connectivity index (χ0n) is 13.8. The van der Waals surface area contributed by atoms with Crippen LogP contribution in [-0.2, 0) is 19.6 Å². The molecule has 8 heteroatoms. The van der Waals surface area contributed by atoms with Crippen molar-refractivity contribution in [3.8, 4) is 0 Å². The third kappa shape index (κ3) is 5.13. The van der Waals surface area contributed by atoms with Gasteiger partial charge in [0.15, 0.2) is 0 Å². The second kappa shape index (κ2) is 7.91. The normalized spacial score (nSPS) is 11.0. The smallest absolute Gasteiger partial charge is 0.337 e. The summed E-state index contributed by atoms with van der Waals surface area (Å²) in [6, 6.07) is 12.5. The first-order valence-corrected chi connectivity index (χ1v) is 8.85. The number of ether oxygens (including phenoxy) is 1. The van der Waals surface area contributed by atoms with Gasteiger partial charge in [-0.15, -0.1) is 0 Å². The number of hydrogen-bond donors (Lipinski definition) is 2. The first kappa shape index (κ1) is 18.6. The molecule has 0 radical (unpaired) electrons. The fourth-order valence-electron chi connectivity index (χ4n) is 2.07. The molecule has 0 aliphatic rings. The van der Waals surface area contributed by atoms with Crippen LogP contribution in [0.25, 0.3) is 0 Å². The molecule has 0 atom stereocenters. The van der Waals surface area contributed by atoms with Gasteiger partial charge in [-0.2, -0.15) is 0 Å². The minimum Gasteiger partial charge on any atom is -0.465 e. The molecule has 0 unspecified atom stereocenters. The maximum Gasteiger partial charge on any atom is 0.337 e. The van der Waals surface area contributed by atoms with Crippen LogP contribution in [0.2, 0.25) is 0 Å². The molecule has 0 spiro atoms. The predicted molar refractivity (Wildman–Crippen MR) is 92.8 cm³/mol. The lowest BCUT2D eigenvalue weighted by atomic mass is 10.2. The van der Waals surface area contributed by atoms with Gasteiger partial charge in [0.2, 0.25) is 15.9 Å². The largest absolute Gasteiger partial charge is 0.465 e. The molecule has 2 aromatic carbocycles. The molecule has 25 heavy (non-hydrogen) atoms. The van der Waals surface area contributed by atoms with E-state index in [4.69, 9.17) is 0 Å². The van der Waals surface area contributed by atoms with E-state index in [2.05, 4.69) is 14.8 Å². The molecule has 0 heterocycles. The fourth-order valence-corrected chi connectivity index (χ4v) is 3.16. The average Bonchev–Trinajstić information content (AvgIpc) is 2.59. The van der Waals surface area contributed by atoms with Crippen molar-refractivity contribution in [1.29, 1.82) is 0 Å². The molecule has 0 saturated heterocycles. The first-order valence-electron chi connectivity index (χ1n) is 7.36. The Kier molecular flexibility index (Phi) is 5.89. The van der Waals surface area contributed by atoms with Gasteiger partial charge in [0.05, 0.1) is 24.1 Å². The molecule has 0 aliphatic heterocycles. The van der Waals surface area contributed by atoms with Gasteiger partial charge >= 0.3 is 5.97 Å². The van der Waals surface area contributed by atoms with Crippen LogP contribution in [0, 0.1) is 6.92 Å². The van der Waals surface area contributed by atoms with Crippen molar-refractivity contribution < 1.29 is 22.7 Å². The van der Waals surface area contributed by atoms with Gasteiger partial charge in [-0.1, -0.05) is 18.2 Å². The third-order valence-corrected chi connectivity index (χ3v) is 4.69. The van der Waals surface area contributed by atoms with Gasteiger partial charge in [-0.25, -0.2) is 17.9 Å². The molecule has 0 bridgehead atoms. The summed E-state index contributed by atoms with van der Waals surface area (Å²) in [4.78, 5) is 23.5. The van der Waals surface area contributed by atoms with Gasteiger partial charge in [0.25, 0.3) is 0 Å². The maximum atomic E-state index is 12.2. The summed E-state index contributed by atoms with van der Waals surface area (Å²) in [5.74, 6) is -1.09. The summed E-state index contributed by atoms with van der Waals surface area (Å²) < 4.78 is 31.2. The Labute approximate surface area is 146 Å². The van der Waals surface area contributed by atoms with Gasteiger partial charge in [-0.05, 0) is 42.8 Å². The van der Waals surface area contributed by atoms with Crippen molar-refractivity contribution in [2.45, 2.75) is 11.8 Å². The molecule has 0 fully saturated rings. The lowest BCUT2D eigenvalue weighted by Gasteiger charge is -2.09. The molecule has 7 nitrogen and oxygen atoms in total. The number of methoxy groups -OCH3 is 1. The van der Waals surface area contributed by atoms with Gasteiger partial charge in [0.1, 0.15) is 0 Å². The van der Waals surface area contributed by atoms with Gasteiger partial charge in [0, 0.05) is 5.69 Å². The van der Waals surface area contributed by atoms with Crippen LogP contribution in [0.4, 0.5) is 5.69 Å². The highest BCUT2D eigenvalue weighted by molar-refractivity contribution is 7.89. The number of benzene rings is 2. The Hall–Kier alpha value is -2.71. The standard InChI is InChI=1S/C17H18N2O5S/c1-12-5-3-8-15(9-12)25(22,23)18-11-16(20)19-14-7-4-6-13(10-14)17(21)24-2/h3-10,18H,11H2,1-2H3,(H,19,20). The molecule has 2 rings (SSSR count). The SMILES string of the molecule is COC(=O)c1cccc(NC(=O)CNS(=O)(=O)c2cccc(C)c2)c1. The molecular formula is C17H18N2O5S. The Morgan fingerprint density at radius 1 is 1.08 bits per heavy atom. The molecular weight excluding hydrogens is 344 g/mol. The predicted octanol–water partition coefficient (Wildman–Crippen LogP) is 1.70. The summed E-state index contributed by atoms with van der Waals surface area (Å²) in [7, 11) is -2.52. The van der Waals surface area contributed by atoms with E-state index < -0.39 is 28.4 Å².